The predicted octanol–water partition coefficient (Wildman–Crippen LogP) is 4.90. The molecule has 9 heteroatoms. The van der Waals surface area contributed by atoms with Crippen molar-refractivity contribution in [2.45, 2.75) is 6.36 Å². The first kappa shape index (κ1) is 15.6. The third kappa shape index (κ3) is 4.36. The minimum atomic E-state index is -4.78. The lowest BCUT2D eigenvalue weighted by Gasteiger charge is -2.11. The zero-order valence-corrected chi connectivity index (χ0v) is 12.4. The molecule has 21 heavy (non-hydrogen) atoms. The van der Waals surface area contributed by atoms with Crippen molar-refractivity contribution in [3.8, 4) is 17.2 Å². The molecule has 1 aromatic heterocycles. The van der Waals surface area contributed by atoms with E-state index in [1.807, 2.05) is 0 Å². The Morgan fingerprint density at radius 2 is 1.95 bits per heavy atom. The molecule has 0 fully saturated rings. The minimum Gasteiger partial charge on any atom is -0.477 e. The first-order valence-electron chi connectivity index (χ1n) is 5.29. The van der Waals surface area contributed by atoms with Gasteiger partial charge in [0.1, 0.15) is 22.1 Å². The van der Waals surface area contributed by atoms with Gasteiger partial charge >= 0.3 is 12.3 Å². The number of carbonyl (C=O) groups is 1. The van der Waals surface area contributed by atoms with Crippen molar-refractivity contribution in [2.24, 2.45) is 0 Å². The van der Waals surface area contributed by atoms with Crippen LogP contribution in [-0.2, 0) is 0 Å². The summed E-state index contributed by atoms with van der Waals surface area (Å²) in [6.07, 6.45) is -4.78. The van der Waals surface area contributed by atoms with Crippen molar-refractivity contribution in [3.05, 3.63) is 39.0 Å². The predicted molar refractivity (Wildman–Crippen MR) is 72.2 cm³/mol. The molecule has 2 rings (SSSR count). The fraction of sp³-hybridized carbons (Fsp3) is 0.0833. The number of aromatic carboxylic acids is 1. The molecule has 0 aliphatic rings. The van der Waals surface area contributed by atoms with Gasteiger partial charge in [-0.3, -0.25) is 0 Å². The molecule has 0 unspecified atom stereocenters. The Bertz CT molecular complexity index is 669. The summed E-state index contributed by atoms with van der Waals surface area (Å²) in [4.78, 5) is 10.8. The fourth-order valence-corrected chi connectivity index (χ4v) is 2.46. The molecular weight excluding hydrogens is 377 g/mol. The van der Waals surface area contributed by atoms with Gasteiger partial charge in [0.05, 0.1) is 4.47 Å². The van der Waals surface area contributed by atoms with Crippen molar-refractivity contribution in [3.63, 3.8) is 0 Å². The first-order chi connectivity index (χ1) is 9.74. The van der Waals surface area contributed by atoms with E-state index in [1.165, 1.54) is 23.6 Å². The molecule has 1 N–H and O–H groups in total. The molecule has 0 aliphatic carbocycles. The van der Waals surface area contributed by atoms with Gasteiger partial charge in [-0.1, -0.05) is 0 Å². The average Bonchev–Trinajstić information content (AvgIpc) is 2.80. The Labute approximate surface area is 128 Å². The van der Waals surface area contributed by atoms with Gasteiger partial charge in [0.2, 0.25) is 0 Å². The van der Waals surface area contributed by atoms with Gasteiger partial charge in [-0.15, -0.1) is 24.5 Å². The van der Waals surface area contributed by atoms with Crippen LogP contribution in [0.1, 0.15) is 9.67 Å². The summed E-state index contributed by atoms with van der Waals surface area (Å²) in [7, 11) is 0. The molecule has 4 nitrogen and oxygen atoms in total. The number of thiophene rings is 1. The van der Waals surface area contributed by atoms with Crippen molar-refractivity contribution in [2.75, 3.05) is 0 Å². The van der Waals surface area contributed by atoms with Crippen LogP contribution in [0.2, 0.25) is 0 Å². The molecule has 0 aliphatic heterocycles. The van der Waals surface area contributed by atoms with Crippen LogP contribution in [0.15, 0.2) is 34.1 Å². The van der Waals surface area contributed by atoms with Crippen molar-refractivity contribution in [1.29, 1.82) is 0 Å². The van der Waals surface area contributed by atoms with Gasteiger partial charge in [-0.25, -0.2) is 4.79 Å². The van der Waals surface area contributed by atoms with Crippen molar-refractivity contribution in [1.82, 2.24) is 0 Å². The molecule has 0 spiro atoms. The van der Waals surface area contributed by atoms with Gasteiger partial charge in [0.25, 0.3) is 0 Å². The summed E-state index contributed by atoms with van der Waals surface area (Å²) in [6.45, 7) is 0. The molecule has 0 atom stereocenters. The number of alkyl halides is 3. The summed E-state index contributed by atoms with van der Waals surface area (Å²) >= 11 is 3.93. The van der Waals surface area contributed by atoms with E-state index >= 15 is 0 Å². The molecule has 1 aromatic carbocycles. The Morgan fingerprint density at radius 1 is 1.24 bits per heavy atom. The van der Waals surface area contributed by atoms with Crippen LogP contribution >= 0.6 is 27.3 Å². The largest absolute Gasteiger partial charge is 0.573 e. The summed E-state index contributed by atoms with van der Waals surface area (Å²) in [5, 5.41) is 10.3. The second-order valence-corrected chi connectivity index (χ2v) is 5.46. The van der Waals surface area contributed by atoms with E-state index in [2.05, 4.69) is 20.7 Å². The zero-order chi connectivity index (χ0) is 15.6. The van der Waals surface area contributed by atoms with Crippen molar-refractivity contribution >= 4 is 33.2 Å². The maximum atomic E-state index is 12.1. The maximum Gasteiger partial charge on any atom is 0.573 e. The first-order valence-corrected chi connectivity index (χ1v) is 6.97. The van der Waals surface area contributed by atoms with Crippen LogP contribution in [0, 0.1) is 0 Å². The highest BCUT2D eigenvalue weighted by molar-refractivity contribution is 9.10. The van der Waals surface area contributed by atoms with E-state index in [9.17, 15) is 18.0 Å². The van der Waals surface area contributed by atoms with Gasteiger partial charge in [0, 0.05) is 11.4 Å². The highest BCUT2D eigenvalue weighted by Crippen LogP contribution is 2.35. The van der Waals surface area contributed by atoms with E-state index in [4.69, 9.17) is 9.84 Å². The van der Waals surface area contributed by atoms with E-state index < -0.39 is 18.1 Å². The number of rotatable bonds is 4. The summed E-state index contributed by atoms with van der Waals surface area (Å²) in [6, 6.07) is 4.99. The summed E-state index contributed by atoms with van der Waals surface area (Å²) in [5.74, 6) is -0.948. The third-order valence-corrected chi connectivity index (χ3v) is 3.67. The van der Waals surface area contributed by atoms with Crippen LogP contribution in [0.25, 0.3) is 0 Å². The smallest absolute Gasteiger partial charge is 0.477 e. The molecule has 0 bridgehead atoms. The van der Waals surface area contributed by atoms with Gasteiger partial charge in [0.15, 0.2) is 0 Å². The lowest BCUT2D eigenvalue weighted by atomic mass is 10.3. The topological polar surface area (TPSA) is 55.8 Å². The zero-order valence-electron chi connectivity index (χ0n) is 9.98. The van der Waals surface area contributed by atoms with Crippen LogP contribution in [-0.4, -0.2) is 17.4 Å². The van der Waals surface area contributed by atoms with Crippen LogP contribution in [0.4, 0.5) is 13.2 Å². The van der Waals surface area contributed by atoms with E-state index in [-0.39, 0.29) is 20.8 Å². The lowest BCUT2D eigenvalue weighted by Crippen LogP contribution is -2.17. The minimum absolute atomic E-state index is 0.0611. The number of ether oxygens (including phenoxy) is 2. The van der Waals surface area contributed by atoms with Crippen LogP contribution in [0.5, 0.6) is 17.2 Å². The lowest BCUT2D eigenvalue weighted by molar-refractivity contribution is -0.274. The molecule has 0 radical (unpaired) electrons. The van der Waals surface area contributed by atoms with Crippen LogP contribution in [0.3, 0.4) is 0 Å². The second kappa shape index (κ2) is 5.94. The Morgan fingerprint density at radius 3 is 2.48 bits per heavy atom. The average molecular weight is 383 g/mol. The Hall–Kier alpha value is -1.74. The van der Waals surface area contributed by atoms with Gasteiger partial charge in [-0.2, -0.15) is 0 Å². The second-order valence-electron chi connectivity index (χ2n) is 3.69. The molecule has 1 heterocycles. The highest BCUT2D eigenvalue weighted by Gasteiger charge is 2.32. The number of carboxylic acids is 1. The van der Waals surface area contributed by atoms with Gasteiger partial charge < -0.3 is 14.6 Å². The molecule has 0 saturated heterocycles. The van der Waals surface area contributed by atoms with E-state index in [0.717, 1.165) is 17.4 Å². The molecule has 0 saturated carbocycles. The number of hydrogen-bond acceptors (Lipinski definition) is 4. The fourth-order valence-electron chi connectivity index (χ4n) is 1.37. The Kier molecular flexibility index (Phi) is 4.43. The van der Waals surface area contributed by atoms with Crippen molar-refractivity contribution < 1.29 is 32.5 Å². The normalized spacial score (nSPS) is 11.2. The van der Waals surface area contributed by atoms with E-state index in [0.29, 0.717) is 0 Å². The summed E-state index contributed by atoms with van der Waals surface area (Å²) < 4.78 is 45.6. The third-order valence-electron chi connectivity index (χ3n) is 2.15. The highest BCUT2D eigenvalue weighted by atomic mass is 79.9. The standard InChI is InChI=1S/C12H6BrF3O4S/c13-8-3-6(1-2-9(8)20-12(14,15)16)19-7-4-10(11(17)18)21-5-7/h1-5H,(H,17,18). The molecule has 0 amide bonds. The van der Waals surface area contributed by atoms with Gasteiger partial charge in [-0.05, 0) is 34.1 Å². The molecule has 2 aromatic rings. The Balaban J connectivity index is 2.14. The quantitative estimate of drug-likeness (QED) is 0.816. The van der Waals surface area contributed by atoms with Crippen LogP contribution < -0.4 is 9.47 Å². The SMILES string of the molecule is O=C(O)c1cc(Oc2ccc(OC(F)(F)F)c(Br)c2)cs1. The maximum absolute atomic E-state index is 12.1. The monoisotopic (exact) mass is 382 g/mol. The summed E-state index contributed by atoms with van der Waals surface area (Å²) in [5.41, 5.74) is 0. The molecule has 112 valence electrons. The number of carboxylic acid groups (broad SMARTS) is 1. The molecular formula is C12H6BrF3O4S. The number of halogens is 4. The number of hydrogen-bond donors (Lipinski definition) is 1. The van der Waals surface area contributed by atoms with E-state index in [1.54, 1.807) is 0 Å². The number of benzene rings is 1.